The molecule has 0 amide bonds. The second kappa shape index (κ2) is 3.71. The van der Waals surface area contributed by atoms with Crippen LogP contribution in [0, 0.1) is 6.92 Å². The van der Waals surface area contributed by atoms with Crippen LogP contribution >= 0.6 is 0 Å². The van der Waals surface area contributed by atoms with E-state index in [0.717, 1.165) is 17.3 Å². The average Bonchev–Trinajstić information content (AvgIpc) is 3.14. The molecule has 1 aliphatic carbocycles. The molecule has 1 heterocycles. The molecule has 2 aromatic rings. The van der Waals surface area contributed by atoms with Gasteiger partial charge >= 0.3 is 0 Å². The maximum Gasteiger partial charge on any atom is 0.159 e. The molecule has 1 aromatic carbocycles. The third kappa shape index (κ3) is 1.83. The van der Waals surface area contributed by atoms with Crippen molar-refractivity contribution in [3.8, 4) is 11.4 Å². The number of aromatic nitrogens is 2. The van der Waals surface area contributed by atoms with Crippen LogP contribution in [0.1, 0.15) is 29.9 Å². The van der Waals surface area contributed by atoms with Gasteiger partial charge in [-0.1, -0.05) is 29.8 Å². The predicted molar refractivity (Wildman–Crippen MR) is 64.2 cm³/mol. The van der Waals surface area contributed by atoms with Crippen molar-refractivity contribution < 1.29 is 0 Å². The molecule has 1 aliphatic rings. The molecule has 2 heteroatoms. The van der Waals surface area contributed by atoms with Crippen LogP contribution in [0.2, 0.25) is 0 Å². The van der Waals surface area contributed by atoms with Crippen molar-refractivity contribution >= 4 is 0 Å². The van der Waals surface area contributed by atoms with Crippen molar-refractivity contribution in [3.63, 3.8) is 0 Å². The summed E-state index contributed by atoms with van der Waals surface area (Å²) in [5.74, 6) is 1.55. The number of hydrogen-bond acceptors (Lipinski definition) is 2. The van der Waals surface area contributed by atoms with Gasteiger partial charge in [0.2, 0.25) is 0 Å². The summed E-state index contributed by atoms with van der Waals surface area (Å²) in [6, 6.07) is 8.32. The van der Waals surface area contributed by atoms with Crippen LogP contribution in [0.4, 0.5) is 0 Å². The van der Waals surface area contributed by atoms with Gasteiger partial charge in [-0.05, 0) is 31.2 Å². The van der Waals surface area contributed by atoms with E-state index in [1.54, 1.807) is 0 Å². The van der Waals surface area contributed by atoms with Gasteiger partial charge < -0.3 is 0 Å². The highest BCUT2D eigenvalue weighted by Crippen LogP contribution is 2.39. The third-order valence-electron chi connectivity index (χ3n) is 3.03. The summed E-state index contributed by atoms with van der Waals surface area (Å²) in [5, 5.41) is 0. The van der Waals surface area contributed by atoms with E-state index in [-0.39, 0.29) is 0 Å². The summed E-state index contributed by atoms with van der Waals surface area (Å²) in [7, 11) is 0. The molecule has 3 rings (SSSR count). The van der Waals surface area contributed by atoms with Crippen LogP contribution in [0.5, 0.6) is 0 Å². The summed E-state index contributed by atoms with van der Waals surface area (Å²) < 4.78 is 0. The highest BCUT2D eigenvalue weighted by Gasteiger charge is 2.23. The molecule has 0 bridgehead atoms. The van der Waals surface area contributed by atoms with Crippen molar-refractivity contribution in [2.24, 2.45) is 0 Å². The molecule has 80 valence electrons. The van der Waals surface area contributed by atoms with E-state index in [2.05, 4.69) is 41.2 Å². The maximum atomic E-state index is 4.43. The van der Waals surface area contributed by atoms with Crippen molar-refractivity contribution in [1.29, 1.82) is 0 Å². The smallest absolute Gasteiger partial charge is 0.159 e. The predicted octanol–water partition coefficient (Wildman–Crippen LogP) is 3.33. The Labute approximate surface area is 95.4 Å². The lowest BCUT2D eigenvalue weighted by molar-refractivity contribution is 1.04. The van der Waals surface area contributed by atoms with Crippen LogP contribution in [0.3, 0.4) is 0 Å². The highest BCUT2D eigenvalue weighted by atomic mass is 14.9. The number of rotatable bonds is 2. The van der Waals surface area contributed by atoms with Gasteiger partial charge in [-0.15, -0.1) is 0 Å². The molecule has 1 fully saturated rings. The van der Waals surface area contributed by atoms with E-state index in [0.29, 0.717) is 0 Å². The number of benzene rings is 1. The van der Waals surface area contributed by atoms with E-state index in [9.17, 15) is 0 Å². The van der Waals surface area contributed by atoms with Crippen LogP contribution in [0.15, 0.2) is 36.7 Å². The number of aryl methyl sites for hydroxylation is 1. The molecule has 2 nitrogen and oxygen atoms in total. The minimum Gasteiger partial charge on any atom is -0.236 e. The molecule has 0 radical (unpaired) electrons. The monoisotopic (exact) mass is 210 g/mol. The first-order chi connectivity index (χ1) is 7.83. The molecule has 0 N–H and O–H groups in total. The zero-order valence-corrected chi connectivity index (χ0v) is 9.35. The lowest BCUT2D eigenvalue weighted by atomic mass is 10.1. The summed E-state index contributed by atoms with van der Waals surface area (Å²) >= 11 is 0. The van der Waals surface area contributed by atoms with Gasteiger partial charge in [0, 0.05) is 18.0 Å². The fourth-order valence-electron chi connectivity index (χ4n) is 1.82. The van der Waals surface area contributed by atoms with E-state index < -0.39 is 0 Å². The van der Waals surface area contributed by atoms with Gasteiger partial charge in [0.15, 0.2) is 5.82 Å². The largest absolute Gasteiger partial charge is 0.236 e. The molecule has 0 aliphatic heterocycles. The van der Waals surface area contributed by atoms with Crippen molar-refractivity contribution in [3.05, 3.63) is 47.8 Å². The Balaban J connectivity index is 1.91. The topological polar surface area (TPSA) is 25.8 Å². The van der Waals surface area contributed by atoms with Gasteiger partial charge in [-0.25, -0.2) is 9.97 Å². The van der Waals surface area contributed by atoms with Gasteiger partial charge in [0.1, 0.15) is 0 Å². The first-order valence-electron chi connectivity index (χ1n) is 5.72. The van der Waals surface area contributed by atoms with Crippen molar-refractivity contribution in [1.82, 2.24) is 9.97 Å². The first kappa shape index (κ1) is 9.52. The number of hydrogen-bond donors (Lipinski definition) is 0. The van der Waals surface area contributed by atoms with Crippen LogP contribution in [-0.2, 0) is 0 Å². The Bertz CT molecular complexity index is 481. The molecule has 1 saturated carbocycles. The first-order valence-corrected chi connectivity index (χ1v) is 5.72. The van der Waals surface area contributed by atoms with Gasteiger partial charge in [-0.3, -0.25) is 0 Å². The lowest BCUT2D eigenvalue weighted by Gasteiger charge is -2.02. The summed E-state index contributed by atoms with van der Waals surface area (Å²) in [6.45, 7) is 2.08. The Morgan fingerprint density at radius 3 is 2.19 bits per heavy atom. The van der Waals surface area contributed by atoms with E-state index in [1.165, 1.54) is 24.0 Å². The zero-order valence-electron chi connectivity index (χ0n) is 9.35. The van der Waals surface area contributed by atoms with E-state index in [1.807, 2.05) is 12.4 Å². The van der Waals surface area contributed by atoms with Crippen molar-refractivity contribution in [2.45, 2.75) is 25.7 Å². The summed E-state index contributed by atoms with van der Waals surface area (Å²) in [5.41, 5.74) is 3.64. The second-order valence-electron chi connectivity index (χ2n) is 4.48. The summed E-state index contributed by atoms with van der Waals surface area (Å²) in [6.07, 6.45) is 6.54. The second-order valence-corrected chi connectivity index (χ2v) is 4.48. The van der Waals surface area contributed by atoms with Crippen LogP contribution in [0.25, 0.3) is 11.4 Å². The fourth-order valence-corrected chi connectivity index (χ4v) is 1.82. The Hall–Kier alpha value is -1.70. The normalized spacial score (nSPS) is 15.1. The van der Waals surface area contributed by atoms with Gasteiger partial charge in [0.25, 0.3) is 0 Å². The maximum absolute atomic E-state index is 4.43. The van der Waals surface area contributed by atoms with Crippen molar-refractivity contribution in [2.75, 3.05) is 0 Å². The molecule has 0 spiro atoms. The molecule has 0 atom stereocenters. The zero-order chi connectivity index (χ0) is 11.0. The third-order valence-corrected chi connectivity index (χ3v) is 3.03. The lowest BCUT2D eigenvalue weighted by Crippen LogP contribution is -1.91. The number of nitrogens with zero attached hydrogens (tertiary/aromatic N) is 2. The Morgan fingerprint density at radius 2 is 1.62 bits per heavy atom. The van der Waals surface area contributed by atoms with Crippen LogP contribution < -0.4 is 0 Å². The SMILES string of the molecule is Cc1ccc(-c2ncc(C3CC3)cn2)cc1. The Kier molecular flexibility index (Phi) is 2.21. The highest BCUT2D eigenvalue weighted by molar-refractivity contribution is 5.55. The van der Waals surface area contributed by atoms with Gasteiger partial charge in [0.05, 0.1) is 0 Å². The molecule has 0 unspecified atom stereocenters. The minimum atomic E-state index is 0.729. The van der Waals surface area contributed by atoms with E-state index >= 15 is 0 Å². The molecule has 16 heavy (non-hydrogen) atoms. The molecule has 1 aromatic heterocycles. The Morgan fingerprint density at radius 1 is 1.00 bits per heavy atom. The minimum absolute atomic E-state index is 0.729. The van der Waals surface area contributed by atoms with E-state index in [4.69, 9.17) is 0 Å². The standard InChI is InChI=1S/C14H14N2/c1-10-2-4-12(5-3-10)14-15-8-13(9-16-14)11-6-7-11/h2-5,8-9,11H,6-7H2,1H3. The molecular weight excluding hydrogens is 196 g/mol. The average molecular weight is 210 g/mol. The summed E-state index contributed by atoms with van der Waals surface area (Å²) in [4.78, 5) is 8.86. The van der Waals surface area contributed by atoms with Crippen LogP contribution in [-0.4, -0.2) is 9.97 Å². The quantitative estimate of drug-likeness (QED) is 0.759. The molecular formula is C14H14N2. The molecule has 0 saturated heterocycles. The van der Waals surface area contributed by atoms with Gasteiger partial charge in [-0.2, -0.15) is 0 Å². The fraction of sp³-hybridized carbons (Fsp3) is 0.286.